The van der Waals surface area contributed by atoms with Crippen LogP contribution in [0.4, 0.5) is 0 Å². The molecule has 0 saturated heterocycles. The van der Waals surface area contributed by atoms with E-state index in [1.165, 1.54) is 7.11 Å². The number of benzene rings is 1. The van der Waals surface area contributed by atoms with Gasteiger partial charge in [0.1, 0.15) is 7.11 Å². The third-order valence-corrected chi connectivity index (χ3v) is 2.06. The van der Waals surface area contributed by atoms with Crippen molar-refractivity contribution in [1.29, 1.82) is 0 Å². The van der Waals surface area contributed by atoms with E-state index in [1.807, 2.05) is 24.3 Å². The third-order valence-electron chi connectivity index (χ3n) is 2.06. The summed E-state index contributed by atoms with van der Waals surface area (Å²) in [6.45, 7) is 0. The van der Waals surface area contributed by atoms with Gasteiger partial charge in [-0.15, -0.1) is 0 Å². The van der Waals surface area contributed by atoms with Gasteiger partial charge in [-0.2, -0.15) is 0 Å². The lowest BCUT2D eigenvalue weighted by Gasteiger charge is -2.02. The van der Waals surface area contributed by atoms with Gasteiger partial charge in [0.15, 0.2) is 5.82 Å². The van der Waals surface area contributed by atoms with Crippen LogP contribution < -0.4 is 0 Å². The monoisotopic (exact) mass is 213 g/mol. The third kappa shape index (κ3) is 2.23. The summed E-state index contributed by atoms with van der Waals surface area (Å²) in [5, 5.41) is 3.75. The van der Waals surface area contributed by atoms with Gasteiger partial charge in [-0.1, -0.05) is 29.4 Å². The number of oxime groups is 1. The molecule has 0 aliphatic heterocycles. The van der Waals surface area contributed by atoms with Crippen molar-refractivity contribution in [2.75, 3.05) is 7.11 Å². The van der Waals surface area contributed by atoms with Crippen LogP contribution in [0.25, 0.3) is 11.4 Å². The van der Waals surface area contributed by atoms with Crippen LogP contribution in [0, 0.1) is 0 Å². The topological polar surface area (TPSA) is 47.4 Å². The smallest absolute Gasteiger partial charge is 0.159 e. The van der Waals surface area contributed by atoms with E-state index in [0.717, 1.165) is 11.1 Å². The summed E-state index contributed by atoms with van der Waals surface area (Å²) in [7, 11) is 1.51. The molecule has 2 rings (SSSR count). The second-order valence-corrected chi connectivity index (χ2v) is 3.08. The van der Waals surface area contributed by atoms with Crippen LogP contribution >= 0.6 is 0 Å². The first-order valence-corrected chi connectivity index (χ1v) is 4.85. The Hall–Kier alpha value is -2.23. The van der Waals surface area contributed by atoms with E-state index < -0.39 is 0 Å². The van der Waals surface area contributed by atoms with Crippen LogP contribution in [-0.2, 0) is 4.84 Å². The Kier molecular flexibility index (Phi) is 3.23. The molecule has 0 bridgehead atoms. The molecular weight excluding hydrogens is 202 g/mol. The van der Waals surface area contributed by atoms with Crippen molar-refractivity contribution >= 4 is 6.21 Å². The van der Waals surface area contributed by atoms with Crippen LogP contribution in [0.5, 0.6) is 0 Å². The van der Waals surface area contributed by atoms with Gasteiger partial charge < -0.3 is 4.84 Å². The quantitative estimate of drug-likeness (QED) is 0.579. The minimum atomic E-state index is 0.681. The molecule has 0 N–H and O–H groups in total. The summed E-state index contributed by atoms with van der Waals surface area (Å²) in [5.41, 5.74) is 1.86. The van der Waals surface area contributed by atoms with Crippen molar-refractivity contribution in [3.05, 3.63) is 48.3 Å². The molecule has 1 heterocycles. The average molecular weight is 213 g/mol. The number of hydrogen-bond donors (Lipinski definition) is 0. The first kappa shape index (κ1) is 10.3. The molecule has 0 aliphatic carbocycles. The lowest BCUT2D eigenvalue weighted by Crippen LogP contribution is -1.92. The van der Waals surface area contributed by atoms with E-state index in [4.69, 9.17) is 0 Å². The molecule has 0 spiro atoms. The van der Waals surface area contributed by atoms with Gasteiger partial charge in [0.2, 0.25) is 0 Å². The number of hydrogen-bond acceptors (Lipinski definition) is 4. The number of rotatable bonds is 3. The Bertz CT molecular complexity index is 483. The zero-order chi connectivity index (χ0) is 11.2. The summed E-state index contributed by atoms with van der Waals surface area (Å²) in [4.78, 5) is 13.1. The van der Waals surface area contributed by atoms with Crippen LogP contribution in [-0.4, -0.2) is 23.3 Å². The highest BCUT2D eigenvalue weighted by Crippen LogP contribution is 2.17. The summed E-state index contributed by atoms with van der Waals surface area (Å²) in [5.74, 6) is 0.681. The Labute approximate surface area is 93.6 Å². The molecule has 80 valence electrons. The maximum absolute atomic E-state index is 4.67. The second-order valence-electron chi connectivity index (χ2n) is 3.08. The Morgan fingerprint density at radius 1 is 1.12 bits per heavy atom. The van der Waals surface area contributed by atoms with Crippen molar-refractivity contribution in [1.82, 2.24) is 9.97 Å². The van der Waals surface area contributed by atoms with Crippen molar-refractivity contribution < 1.29 is 4.84 Å². The Balaban J connectivity index is 2.45. The van der Waals surface area contributed by atoms with Gasteiger partial charge in [0.25, 0.3) is 0 Å². The van der Waals surface area contributed by atoms with E-state index in [9.17, 15) is 0 Å². The van der Waals surface area contributed by atoms with Crippen molar-refractivity contribution in [3.63, 3.8) is 0 Å². The molecular formula is C12H11N3O. The van der Waals surface area contributed by atoms with Gasteiger partial charge in [0, 0.05) is 23.5 Å². The highest BCUT2D eigenvalue weighted by atomic mass is 16.6. The van der Waals surface area contributed by atoms with E-state index in [1.54, 1.807) is 24.7 Å². The zero-order valence-electron chi connectivity index (χ0n) is 8.87. The SMILES string of the molecule is CO/N=C/c1ccccc1-c1ncccn1. The summed E-state index contributed by atoms with van der Waals surface area (Å²) < 4.78 is 0. The van der Waals surface area contributed by atoms with Crippen LogP contribution in [0.3, 0.4) is 0 Å². The Morgan fingerprint density at radius 3 is 2.62 bits per heavy atom. The van der Waals surface area contributed by atoms with Crippen molar-refractivity contribution in [2.24, 2.45) is 5.16 Å². The molecule has 0 saturated carbocycles. The first-order chi connectivity index (χ1) is 7.92. The lowest BCUT2D eigenvalue weighted by atomic mass is 10.1. The fourth-order valence-corrected chi connectivity index (χ4v) is 1.36. The zero-order valence-corrected chi connectivity index (χ0v) is 8.87. The molecule has 4 nitrogen and oxygen atoms in total. The molecule has 2 aromatic rings. The van der Waals surface area contributed by atoms with E-state index >= 15 is 0 Å². The lowest BCUT2D eigenvalue weighted by molar-refractivity contribution is 0.215. The fourth-order valence-electron chi connectivity index (χ4n) is 1.36. The summed E-state index contributed by atoms with van der Waals surface area (Å²) in [6.07, 6.45) is 5.07. The van der Waals surface area contributed by atoms with E-state index in [0.29, 0.717) is 5.82 Å². The predicted octanol–water partition coefficient (Wildman–Crippen LogP) is 2.12. The van der Waals surface area contributed by atoms with Gasteiger partial charge in [-0.25, -0.2) is 9.97 Å². The average Bonchev–Trinajstić information content (AvgIpc) is 2.38. The largest absolute Gasteiger partial charge is 0.399 e. The minimum absolute atomic E-state index is 0.681. The molecule has 4 heteroatoms. The van der Waals surface area contributed by atoms with Gasteiger partial charge in [0.05, 0.1) is 6.21 Å². The first-order valence-electron chi connectivity index (χ1n) is 4.85. The summed E-state index contributed by atoms with van der Waals surface area (Å²) in [6, 6.07) is 9.55. The second kappa shape index (κ2) is 5.02. The molecule has 16 heavy (non-hydrogen) atoms. The molecule has 0 radical (unpaired) electrons. The van der Waals surface area contributed by atoms with Gasteiger partial charge in [-0.3, -0.25) is 0 Å². The minimum Gasteiger partial charge on any atom is -0.399 e. The predicted molar refractivity (Wildman–Crippen MR) is 62.1 cm³/mol. The Morgan fingerprint density at radius 2 is 1.88 bits per heavy atom. The highest BCUT2D eigenvalue weighted by molar-refractivity contribution is 5.88. The van der Waals surface area contributed by atoms with E-state index in [-0.39, 0.29) is 0 Å². The van der Waals surface area contributed by atoms with Crippen molar-refractivity contribution in [3.8, 4) is 11.4 Å². The normalized spacial score (nSPS) is 10.6. The number of nitrogens with zero attached hydrogens (tertiary/aromatic N) is 3. The molecule has 0 unspecified atom stereocenters. The van der Waals surface area contributed by atoms with Crippen LogP contribution in [0.15, 0.2) is 47.9 Å². The molecule has 1 aromatic carbocycles. The van der Waals surface area contributed by atoms with Crippen LogP contribution in [0.2, 0.25) is 0 Å². The molecule has 0 amide bonds. The summed E-state index contributed by atoms with van der Waals surface area (Å²) >= 11 is 0. The number of aromatic nitrogens is 2. The maximum Gasteiger partial charge on any atom is 0.159 e. The molecule has 1 aromatic heterocycles. The maximum atomic E-state index is 4.67. The van der Waals surface area contributed by atoms with Crippen molar-refractivity contribution in [2.45, 2.75) is 0 Å². The highest BCUT2D eigenvalue weighted by Gasteiger charge is 2.04. The fraction of sp³-hybridized carbons (Fsp3) is 0.0833. The molecule has 0 aliphatic rings. The molecule has 0 atom stereocenters. The molecule has 0 fully saturated rings. The standard InChI is InChI=1S/C12H11N3O/c1-16-15-9-10-5-2-3-6-11(10)12-13-7-4-8-14-12/h2-9H,1H3/b15-9+. The van der Waals surface area contributed by atoms with Gasteiger partial charge >= 0.3 is 0 Å². The van der Waals surface area contributed by atoms with E-state index in [2.05, 4.69) is 20.0 Å². The van der Waals surface area contributed by atoms with Gasteiger partial charge in [-0.05, 0) is 6.07 Å². The van der Waals surface area contributed by atoms with Crippen LogP contribution in [0.1, 0.15) is 5.56 Å².